The Kier molecular flexibility index (Phi) is 7.65. The number of carbonyl (C=O) groups excluding carboxylic acids is 1. The molecule has 0 saturated heterocycles. The topological polar surface area (TPSA) is 114 Å². The number of aliphatic hydroxyl groups excluding tert-OH is 1. The van der Waals surface area contributed by atoms with Crippen LogP contribution < -0.4 is 14.8 Å². The number of amides is 1. The molecule has 1 heterocycles. The molecule has 0 fully saturated rings. The summed E-state index contributed by atoms with van der Waals surface area (Å²) in [5, 5.41) is 22.6. The van der Waals surface area contributed by atoms with Crippen LogP contribution in [-0.4, -0.2) is 35.4 Å². The van der Waals surface area contributed by atoms with Crippen molar-refractivity contribution in [3.63, 3.8) is 0 Å². The number of halogens is 2. The lowest BCUT2D eigenvalue weighted by Gasteiger charge is -2.25. The fourth-order valence-corrected chi connectivity index (χ4v) is 4.10. The average molecular weight is 518 g/mol. The van der Waals surface area contributed by atoms with E-state index in [-0.39, 0.29) is 17.5 Å². The molecule has 2 unspecified atom stereocenters. The second-order valence-electron chi connectivity index (χ2n) is 7.70. The number of aliphatic hydroxyl groups is 1. The molecule has 0 aliphatic carbocycles. The van der Waals surface area contributed by atoms with E-state index in [1.54, 1.807) is 60.7 Å². The molecule has 0 radical (unpaired) electrons. The first-order valence-corrected chi connectivity index (χ1v) is 11.4. The number of hydrogen-bond acceptors (Lipinski definition) is 6. The number of carboxylic acid groups (broad SMARTS) is 1. The number of fused-ring (bicyclic) bond motifs is 1. The first-order valence-electron chi connectivity index (χ1n) is 10.7. The molecule has 0 aromatic heterocycles. The van der Waals surface area contributed by atoms with E-state index < -0.39 is 18.4 Å². The first kappa shape index (κ1) is 24.7. The number of ether oxygens (including phenoxy) is 3. The van der Waals surface area contributed by atoms with Gasteiger partial charge in [-0.25, -0.2) is 4.79 Å². The van der Waals surface area contributed by atoms with E-state index in [0.717, 1.165) is 0 Å². The van der Waals surface area contributed by atoms with E-state index in [4.69, 9.17) is 42.5 Å². The summed E-state index contributed by atoms with van der Waals surface area (Å²) in [6, 6.07) is 16.4. The van der Waals surface area contributed by atoms with Crippen molar-refractivity contribution in [2.24, 2.45) is 0 Å². The summed E-state index contributed by atoms with van der Waals surface area (Å²) in [7, 11) is 0. The molecule has 3 aromatic rings. The van der Waals surface area contributed by atoms with Gasteiger partial charge in [-0.05, 0) is 36.4 Å². The van der Waals surface area contributed by atoms with E-state index in [1.165, 1.54) is 0 Å². The predicted molar refractivity (Wildman–Crippen MR) is 129 cm³/mol. The highest BCUT2D eigenvalue weighted by Crippen LogP contribution is 2.42. The number of nitrogens with one attached hydrogen (secondary N) is 1. The van der Waals surface area contributed by atoms with Crippen molar-refractivity contribution < 1.29 is 34.0 Å². The maximum atomic E-state index is 12.5. The smallest absolute Gasteiger partial charge is 0.493 e. The van der Waals surface area contributed by atoms with Gasteiger partial charge in [-0.2, -0.15) is 0 Å². The summed E-state index contributed by atoms with van der Waals surface area (Å²) in [6.45, 7) is 0.291. The highest BCUT2D eigenvalue weighted by atomic mass is 35.5. The van der Waals surface area contributed by atoms with Gasteiger partial charge in [0.05, 0.1) is 17.7 Å². The molecular weight excluding hydrogens is 497 g/mol. The van der Waals surface area contributed by atoms with E-state index in [1.807, 2.05) is 0 Å². The fourth-order valence-electron chi connectivity index (χ4n) is 3.63. The zero-order valence-electron chi connectivity index (χ0n) is 18.2. The summed E-state index contributed by atoms with van der Waals surface area (Å²) in [6.07, 6.45) is -2.60. The fraction of sp³-hybridized carbons (Fsp3) is 0.200. The molecule has 182 valence electrons. The Bertz CT molecular complexity index is 1230. The Balaban J connectivity index is 1.40. The van der Waals surface area contributed by atoms with Gasteiger partial charge in [0, 0.05) is 40.7 Å². The van der Waals surface area contributed by atoms with Crippen LogP contribution in [0.15, 0.2) is 60.7 Å². The SMILES string of the molecule is O=C(O)OC1CCOc2cc(Oc3ccc(C(=O)NCC(O)c4ccccc4Cl)cc3)c(Cl)cc21. The van der Waals surface area contributed by atoms with Gasteiger partial charge in [-0.1, -0.05) is 41.4 Å². The van der Waals surface area contributed by atoms with E-state index >= 15 is 0 Å². The Morgan fingerprint density at radius 2 is 1.83 bits per heavy atom. The van der Waals surface area contributed by atoms with Crippen molar-refractivity contribution in [2.75, 3.05) is 13.2 Å². The van der Waals surface area contributed by atoms with Crippen molar-refractivity contribution in [1.82, 2.24) is 5.32 Å². The van der Waals surface area contributed by atoms with E-state index in [9.17, 15) is 14.7 Å². The molecule has 4 rings (SSSR count). The van der Waals surface area contributed by atoms with Crippen LogP contribution in [0.3, 0.4) is 0 Å². The molecule has 3 N–H and O–H groups in total. The summed E-state index contributed by atoms with van der Waals surface area (Å²) < 4.78 is 16.4. The summed E-state index contributed by atoms with van der Waals surface area (Å²) in [5.41, 5.74) is 1.43. The third-order valence-corrected chi connectivity index (χ3v) is 6.00. The minimum Gasteiger partial charge on any atom is -0.493 e. The van der Waals surface area contributed by atoms with Crippen LogP contribution in [-0.2, 0) is 4.74 Å². The predicted octanol–water partition coefficient (Wildman–Crippen LogP) is 5.77. The van der Waals surface area contributed by atoms with Crippen LogP contribution >= 0.6 is 23.2 Å². The van der Waals surface area contributed by atoms with Gasteiger partial charge >= 0.3 is 6.16 Å². The van der Waals surface area contributed by atoms with Crippen molar-refractivity contribution in [2.45, 2.75) is 18.6 Å². The van der Waals surface area contributed by atoms with Crippen molar-refractivity contribution in [1.29, 1.82) is 0 Å². The largest absolute Gasteiger partial charge is 0.506 e. The molecular formula is C25H21Cl2NO7. The zero-order valence-corrected chi connectivity index (χ0v) is 19.8. The second kappa shape index (κ2) is 10.9. The van der Waals surface area contributed by atoms with Crippen molar-refractivity contribution in [3.05, 3.63) is 87.4 Å². The third-order valence-electron chi connectivity index (χ3n) is 5.36. The molecule has 8 nitrogen and oxygen atoms in total. The second-order valence-corrected chi connectivity index (χ2v) is 8.52. The lowest BCUT2D eigenvalue weighted by atomic mass is 10.0. The Morgan fingerprint density at radius 1 is 1.09 bits per heavy atom. The Morgan fingerprint density at radius 3 is 2.54 bits per heavy atom. The third kappa shape index (κ3) is 5.97. The molecule has 0 bridgehead atoms. The maximum Gasteiger partial charge on any atom is 0.506 e. The van der Waals surface area contributed by atoms with Crippen molar-refractivity contribution >= 4 is 35.3 Å². The Labute approximate surface area is 211 Å². The van der Waals surface area contributed by atoms with Crippen LogP contribution in [0.4, 0.5) is 4.79 Å². The number of benzene rings is 3. The van der Waals surface area contributed by atoms with Crippen molar-refractivity contribution in [3.8, 4) is 17.2 Å². The highest BCUT2D eigenvalue weighted by molar-refractivity contribution is 6.32. The molecule has 35 heavy (non-hydrogen) atoms. The molecule has 2 atom stereocenters. The quantitative estimate of drug-likeness (QED) is 0.341. The minimum atomic E-state index is -1.37. The zero-order chi connectivity index (χ0) is 24.9. The number of hydrogen-bond donors (Lipinski definition) is 3. The molecule has 1 aliphatic rings. The average Bonchev–Trinajstić information content (AvgIpc) is 2.84. The van der Waals surface area contributed by atoms with Crippen LogP contribution in [0, 0.1) is 0 Å². The number of carbonyl (C=O) groups is 2. The van der Waals surface area contributed by atoms with Gasteiger partial charge in [-0.15, -0.1) is 0 Å². The Hall–Kier alpha value is -3.46. The monoisotopic (exact) mass is 517 g/mol. The normalized spacial score (nSPS) is 15.3. The first-order chi connectivity index (χ1) is 16.8. The molecule has 0 saturated carbocycles. The van der Waals surface area contributed by atoms with Gasteiger partial charge in [0.2, 0.25) is 0 Å². The van der Waals surface area contributed by atoms with Gasteiger partial charge in [0.25, 0.3) is 5.91 Å². The molecule has 1 amide bonds. The lowest BCUT2D eigenvalue weighted by Crippen LogP contribution is -2.28. The van der Waals surface area contributed by atoms with Gasteiger partial charge in [-0.3, -0.25) is 4.79 Å². The maximum absolute atomic E-state index is 12.5. The van der Waals surface area contributed by atoms with E-state index in [2.05, 4.69) is 5.32 Å². The lowest BCUT2D eigenvalue weighted by molar-refractivity contribution is 0.0326. The number of rotatable bonds is 7. The van der Waals surface area contributed by atoms with Gasteiger partial charge < -0.3 is 29.7 Å². The molecule has 1 aliphatic heterocycles. The van der Waals surface area contributed by atoms with Crippen LogP contribution in [0.2, 0.25) is 10.0 Å². The molecule has 3 aromatic carbocycles. The van der Waals surface area contributed by atoms with Crippen LogP contribution in [0.25, 0.3) is 0 Å². The molecule has 0 spiro atoms. The van der Waals surface area contributed by atoms with E-state index in [0.29, 0.717) is 52.0 Å². The summed E-state index contributed by atoms with van der Waals surface area (Å²) in [5.74, 6) is 0.789. The van der Waals surface area contributed by atoms with Gasteiger partial charge in [0.15, 0.2) is 0 Å². The summed E-state index contributed by atoms with van der Waals surface area (Å²) >= 11 is 12.4. The van der Waals surface area contributed by atoms with Gasteiger partial charge in [0.1, 0.15) is 23.4 Å². The highest BCUT2D eigenvalue weighted by Gasteiger charge is 2.27. The minimum absolute atomic E-state index is 0.00185. The summed E-state index contributed by atoms with van der Waals surface area (Å²) in [4.78, 5) is 23.4. The molecule has 10 heteroatoms. The van der Waals surface area contributed by atoms with Crippen LogP contribution in [0.1, 0.15) is 40.1 Å². The van der Waals surface area contributed by atoms with Crippen LogP contribution in [0.5, 0.6) is 17.2 Å². The standard InChI is InChI=1S/C25H21Cl2NO7/c26-18-4-2-1-3-16(18)20(29)13-28-24(30)14-5-7-15(8-6-14)34-23-12-22-17(11-19(23)27)21(9-10-33-22)35-25(31)32/h1-8,11-12,20-21,29H,9-10,13H2,(H,28,30)(H,31,32).